The van der Waals surface area contributed by atoms with Gasteiger partial charge in [-0.2, -0.15) is 0 Å². The number of hydrogen-bond donors (Lipinski definition) is 1. The first-order valence-corrected chi connectivity index (χ1v) is 9.52. The third kappa shape index (κ3) is 4.58. The summed E-state index contributed by atoms with van der Waals surface area (Å²) in [6.45, 7) is 4.05. The van der Waals surface area contributed by atoms with Crippen LogP contribution in [-0.2, 0) is 11.3 Å². The lowest BCUT2D eigenvalue weighted by molar-refractivity contribution is -0.113. The molecular formula is C19H15ClF2N4OS. The zero-order valence-electron chi connectivity index (χ0n) is 14.5. The number of amides is 1. The van der Waals surface area contributed by atoms with Crippen LogP contribution < -0.4 is 5.32 Å². The molecule has 0 atom stereocenters. The summed E-state index contributed by atoms with van der Waals surface area (Å²) in [6.07, 6.45) is 1.64. The zero-order valence-corrected chi connectivity index (χ0v) is 16.1. The molecule has 0 aliphatic carbocycles. The van der Waals surface area contributed by atoms with Gasteiger partial charge in [-0.3, -0.25) is 9.36 Å². The fourth-order valence-corrected chi connectivity index (χ4v) is 3.40. The highest BCUT2D eigenvalue weighted by Crippen LogP contribution is 2.27. The van der Waals surface area contributed by atoms with Crippen LogP contribution in [0.4, 0.5) is 14.5 Å². The molecule has 144 valence electrons. The largest absolute Gasteiger partial charge is 0.324 e. The maximum atomic E-state index is 14.1. The molecule has 0 fully saturated rings. The number of carbonyl (C=O) groups excluding carboxylic acids is 1. The molecular weight excluding hydrogens is 406 g/mol. The molecule has 28 heavy (non-hydrogen) atoms. The Hall–Kier alpha value is -2.71. The van der Waals surface area contributed by atoms with E-state index in [2.05, 4.69) is 22.1 Å². The van der Waals surface area contributed by atoms with E-state index in [0.717, 1.165) is 17.8 Å². The Morgan fingerprint density at radius 3 is 2.75 bits per heavy atom. The monoisotopic (exact) mass is 420 g/mol. The van der Waals surface area contributed by atoms with Crippen LogP contribution >= 0.6 is 23.4 Å². The van der Waals surface area contributed by atoms with Gasteiger partial charge in [0.15, 0.2) is 11.0 Å². The van der Waals surface area contributed by atoms with E-state index in [-0.39, 0.29) is 16.7 Å². The molecule has 1 heterocycles. The smallest absolute Gasteiger partial charge is 0.234 e. The van der Waals surface area contributed by atoms with Crippen LogP contribution in [-0.4, -0.2) is 26.4 Å². The van der Waals surface area contributed by atoms with Gasteiger partial charge in [0, 0.05) is 6.54 Å². The Morgan fingerprint density at radius 2 is 2.04 bits per heavy atom. The minimum absolute atomic E-state index is 0.0141. The van der Waals surface area contributed by atoms with Gasteiger partial charge in [-0.15, -0.1) is 16.8 Å². The molecule has 5 nitrogen and oxygen atoms in total. The summed E-state index contributed by atoms with van der Waals surface area (Å²) in [4.78, 5) is 12.2. The molecule has 0 radical (unpaired) electrons. The van der Waals surface area contributed by atoms with Gasteiger partial charge in [0.25, 0.3) is 0 Å². The number of benzene rings is 2. The number of anilines is 1. The van der Waals surface area contributed by atoms with Gasteiger partial charge in [-0.25, -0.2) is 8.78 Å². The fourth-order valence-electron chi connectivity index (χ4n) is 2.44. The first-order valence-electron chi connectivity index (χ1n) is 8.16. The molecule has 0 bridgehead atoms. The number of nitrogens with one attached hydrogen (secondary N) is 1. The van der Waals surface area contributed by atoms with E-state index in [1.54, 1.807) is 28.8 Å². The maximum absolute atomic E-state index is 14.1. The topological polar surface area (TPSA) is 59.8 Å². The van der Waals surface area contributed by atoms with Crippen molar-refractivity contribution >= 4 is 35.0 Å². The molecule has 3 aromatic rings. The lowest BCUT2D eigenvalue weighted by Crippen LogP contribution is -2.15. The van der Waals surface area contributed by atoms with E-state index in [4.69, 9.17) is 11.6 Å². The van der Waals surface area contributed by atoms with Crippen molar-refractivity contribution in [3.63, 3.8) is 0 Å². The average Bonchev–Trinajstić information content (AvgIpc) is 3.06. The summed E-state index contributed by atoms with van der Waals surface area (Å²) in [6, 6.07) is 9.95. The van der Waals surface area contributed by atoms with Crippen molar-refractivity contribution < 1.29 is 13.6 Å². The van der Waals surface area contributed by atoms with E-state index in [0.29, 0.717) is 28.8 Å². The van der Waals surface area contributed by atoms with Gasteiger partial charge in [0.2, 0.25) is 5.91 Å². The lowest BCUT2D eigenvalue weighted by atomic mass is 10.2. The van der Waals surface area contributed by atoms with Gasteiger partial charge in [-0.05, 0) is 30.3 Å². The summed E-state index contributed by atoms with van der Waals surface area (Å²) in [7, 11) is 0. The normalized spacial score (nSPS) is 10.7. The Labute approximate surface area is 169 Å². The van der Waals surface area contributed by atoms with Crippen LogP contribution in [0.3, 0.4) is 0 Å². The molecule has 0 aliphatic heterocycles. The van der Waals surface area contributed by atoms with Crippen LogP contribution in [0.5, 0.6) is 0 Å². The van der Waals surface area contributed by atoms with Crippen LogP contribution in [0.1, 0.15) is 0 Å². The number of halogens is 3. The van der Waals surface area contributed by atoms with Crippen LogP contribution in [0, 0.1) is 11.6 Å². The second kappa shape index (κ2) is 8.99. The molecule has 2 aromatic carbocycles. The Bertz CT molecular complexity index is 1020. The number of hydrogen-bond acceptors (Lipinski definition) is 4. The van der Waals surface area contributed by atoms with E-state index >= 15 is 0 Å². The maximum Gasteiger partial charge on any atom is 0.234 e. The molecule has 1 N–H and O–H groups in total. The van der Waals surface area contributed by atoms with Crippen molar-refractivity contribution in [3.05, 3.63) is 71.8 Å². The molecule has 0 saturated heterocycles. The van der Waals surface area contributed by atoms with E-state index < -0.39 is 11.6 Å². The highest BCUT2D eigenvalue weighted by atomic mass is 35.5. The van der Waals surface area contributed by atoms with Crippen LogP contribution in [0.2, 0.25) is 5.02 Å². The highest BCUT2D eigenvalue weighted by Gasteiger charge is 2.17. The van der Waals surface area contributed by atoms with E-state index in [9.17, 15) is 13.6 Å². The number of carbonyl (C=O) groups is 1. The summed E-state index contributed by atoms with van der Waals surface area (Å²) in [5.41, 5.74) is 0.625. The van der Waals surface area contributed by atoms with Gasteiger partial charge in [0.05, 0.1) is 22.0 Å². The van der Waals surface area contributed by atoms with Crippen LogP contribution in [0.25, 0.3) is 11.4 Å². The molecule has 0 spiro atoms. The van der Waals surface area contributed by atoms with Gasteiger partial charge in [-0.1, -0.05) is 41.6 Å². The van der Waals surface area contributed by atoms with E-state index in [1.165, 1.54) is 18.2 Å². The number of thioether (sulfide) groups is 1. The molecule has 0 unspecified atom stereocenters. The summed E-state index contributed by atoms with van der Waals surface area (Å²) in [5, 5.41) is 11.3. The number of allylic oxidation sites excluding steroid dienone is 1. The van der Waals surface area contributed by atoms with Gasteiger partial charge in [0.1, 0.15) is 11.6 Å². The third-order valence-electron chi connectivity index (χ3n) is 3.68. The predicted molar refractivity (Wildman–Crippen MR) is 106 cm³/mol. The molecule has 3 rings (SSSR count). The second-order valence-electron chi connectivity index (χ2n) is 5.65. The molecule has 1 amide bonds. The van der Waals surface area contributed by atoms with Crippen molar-refractivity contribution in [2.24, 2.45) is 0 Å². The SMILES string of the molecule is C=CCn1c(SCC(=O)Nc2ccc(F)cc2Cl)nnc1-c1ccccc1F. The molecule has 1 aromatic heterocycles. The first kappa shape index (κ1) is 20.0. The Kier molecular flexibility index (Phi) is 6.43. The third-order valence-corrected chi connectivity index (χ3v) is 4.96. The van der Waals surface area contributed by atoms with Crippen molar-refractivity contribution in [2.75, 3.05) is 11.1 Å². The second-order valence-corrected chi connectivity index (χ2v) is 7.00. The standard InChI is InChI=1S/C19H15ClF2N4OS/c1-2-9-26-18(13-5-3-4-6-15(13)22)24-25-19(26)28-11-17(27)23-16-8-7-12(21)10-14(16)20/h2-8,10H,1,9,11H2,(H,23,27). The van der Waals surface area contributed by atoms with Gasteiger partial charge >= 0.3 is 0 Å². The zero-order chi connectivity index (χ0) is 20.1. The Morgan fingerprint density at radius 1 is 1.25 bits per heavy atom. The van der Waals surface area contributed by atoms with Crippen molar-refractivity contribution in [1.29, 1.82) is 0 Å². The summed E-state index contributed by atoms with van der Waals surface area (Å²) < 4.78 is 28.9. The van der Waals surface area contributed by atoms with Crippen molar-refractivity contribution in [2.45, 2.75) is 11.7 Å². The molecule has 0 saturated carbocycles. The lowest BCUT2D eigenvalue weighted by Gasteiger charge is -2.09. The average molecular weight is 421 g/mol. The van der Waals surface area contributed by atoms with Crippen LogP contribution in [0.15, 0.2) is 60.3 Å². The quantitative estimate of drug-likeness (QED) is 0.441. The minimum atomic E-state index is -0.490. The number of nitrogens with zero attached hydrogens (tertiary/aromatic N) is 3. The first-order chi connectivity index (χ1) is 13.5. The summed E-state index contributed by atoms with van der Waals surface area (Å²) in [5.74, 6) is -0.891. The highest BCUT2D eigenvalue weighted by molar-refractivity contribution is 7.99. The van der Waals surface area contributed by atoms with Crippen molar-refractivity contribution in [1.82, 2.24) is 14.8 Å². The molecule has 0 aliphatic rings. The van der Waals surface area contributed by atoms with Gasteiger partial charge < -0.3 is 5.32 Å². The minimum Gasteiger partial charge on any atom is -0.324 e. The Balaban J connectivity index is 1.74. The summed E-state index contributed by atoms with van der Waals surface area (Å²) >= 11 is 7.04. The van der Waals surface area contributed by atoms with E-state index in [1.807, 2.05) is 0 Å². The number of rotatable bonds is 7. The number of aromatic nitrogens is 3. The predicted octanol–water partition coefficient (Wildman–Crippen LogP) is 4.79. The van der Waals surface area contributed by atoms with Crippen molar-refractivity contribution in [3.8, 4) is 11.4 Å². The fraction of sp³-hybridized carbons (Fsp3) is 0.105. The molecule has 9 heteroatoms.